The summed E-state index contributed by atoms with van der Waals surface area (Å²) < 4.78 is 5.41. The van der Waals surface area contributed by atoms with E-state index in [1.165, 1.54) is 5.56 Å². The van der Waals surface area contributed by atoms with Gasteiger partial charge in [0.15, 0.2) is 0 Å². The van der Waals surface area contributed by atoms with E-state index in [9.17, 15) is 4.79 Å². The molecular weight excluding hydrogens is 262 g/mol. The van der Waals surface area contributed by atoms with E-state index in [1.807, 2.05) is 30.9 Å². The first-order chi connectivity index (χ1) is 9.01. The summed E-state index contributed by atoms with van der Waals surface area (Å²) in [5.41, 5.74) is 1.53. The van der Waals surface area contributed by atoms with E-state index >= 15 is 0 Å². The predicted octanol–water partition coefficient (Wildman–Crippen LogP) is 3.24. The van der Waals surface area contributed by atoms with E-state index < -0.39 is 5.41 Å². The van der Waals surface area contributed by atoms with Crippen LogP contribution < -0.4 is 9.64 Å². The number of benzene rings is 1. The van der Waals surface area contributed by atoms with Crippen molar-refractivity contribution in [3.05, 3.63) is 23.8 Å². The van der Waals surface area contributed by atoms with Gasteiger partial charge in [0.1, 0.15) is 5.75 Å². The van der Waals surface area contributed by atoms with Crippen molar-refractivity contribution in [2.24, 2.45) is 5.41 Å². The van der Waals surface area contributed by atoms with Crippen LogP contribution in [0.5, 0.6) is 5.75 Å². The molecule has 1 aromatic rings. The largest absolute Gasteiger partial charge is 0.495 e. The highest BCUT2D eigenvalue weighted by Gasteiger charge is 2.35. The third-order valence-corrected chi connectivity index (χ3v) is 4.23. The number of anilines is 1. The number of hydrogen-bond acceptors (Lipinski definition) is 2. The maximum Gasteiger partial charge on any atom is 0.233 e. The first-order valence-electron chi connectivity index (χ1n) is 6.55. The summed E-state index contributed by atoms with van der Waals surface area (Å²) in [4.78, 5) is 14.5. The number of alkyl halides is 1. The minimum absolute atomic E-state index is 0.0629. The Balaban J connectivity index is 2.45. The highest BCUT2D eigenvalue weighted by molar-refractivity contribution is 6.20. The van der Waals surface area contributed by atoms with Gasteiger partial charge in [-0.05, 0) is 38.3 Å². The van der Waals surface area contributed by atoms with Crippen LogP contribution in [-0.2, 0) is 11.2 Å². The van der Waals surface area contributed by atoms with E-state index in [2.05, 4.69) is 6.07 Å². The molecule has 0 N–H and O–H groups in total. The van der Waals surface area contributed by atoms with E-state index in [4.69, 9.17) is 16.3 Å². The van der Waals surface area contributed by atoms with Gasteiger partial charge in [-0.15, -0.1) is 11.6 Å². The zero-order valence-electron chi connectivity index (χ0n) is 11.7. The number of aryl methyl sites for hydroxylation is 1. The molecule has 0 spiro atoms. The lowest BCUT2D eigenvalue weighted by Gasteiger charge is -2.35. The standard InChI is InChI=1S/C15H20ClNO2/c1-15(2,10-16)14(18)17-9-5-7-11-6-4-8-12(19-3)13(11)17/h4,6,8H,5,7,9-10H2,1-3H3. The summed E-state index contributed by atoms with van der Waals surface area (Å²) in [6, 6.07) is 5.93. The second-order valence-electron chi connectivity index (χ2n) is 5.55. The minimum atomic E-state index is -0.559. The minimum Gasteiger partial charge on any atom is -0.495 e. The fourth-order valence-electron chi connectivity index (χ4n) is 2.41. The van der Waals surface area contributed by atoms with E-state index in [1.54, 1.807) is 7.11 Å². The molecule has 1 aliphatic heterocycles. The predicted molar refractivity (Wildman–Crippen MR) is 78.2 cm³/mol. The molecule has 1 heterocycles. The Hall–Kier alpha value is -1.22. The fourth-order valence-corrected chi connectivity index (χ4v) is 2.52. The Morgan fingerprint density at radius 3 is 2.84 bits per heavy atom. The van der Waals surface area contributed by atoms with E-state index in [-0.39, 0.29) is 5.91 Å². The molecule has 3 nitrogen and oxygen atoms in total. The molecule has 1 aliphatic rings. The van der Waals surface area contributed by atoms with Gasteiger partial charge in [0.2, 0.25) is 5.91 Å². The smallest absolute Gasteiger partial charge is 0.233 e. The van der Waals surface area contributed by atoms with Crippen molar-refractivity contribution >= 4 is 23.2 Å². The van der Waals surface area contributed by atoms with Crippen molar-refractivity contribution in [1.82, 2.24) is 0 Å². The molecule has 4 heteroatoms. The molecule has 0 aromatic heterocycles. The topological polar surface area (TPSA) is 29.5 Å². The molecule has 0 fully saturated rings. The van der Waals surface area contributed by atoms with Gasteiger partial charge in [0.05, 0.1) is 18.2 Å². The lowest BCUT2D eigenvalue weighted by atomic mass is 9.91. The Kier molecular flexibility index (Phi) is 4.04. The van der Waals surface area contributed by atoms with Gasteiger partial charge in [0.25, 0.3) is 0 Å². The maximum absolute atomic E-state index is 12.7. The SMILES string of the molecule is COc1cccc2c1N(C(=O)C(C)(C)CCl)CCC2. The van der Waals surface area contributed by atoms with Crippen LogP contribution in [0.15, 0.2) is 18.2 Å². The quantitative estimate of drug-likeness (QED) is 0.796. The van der Waals surface area contributed by atoms with Crippen LogP contribution >= 0.6 is 11.6 Å². The van der Waals surface area contributed by atoms with Crippen LogP contribution in [0.25, 0.3) is 0 Å². The zero-order chi connectivity index (χ0) is 14.0. The Morgan fingerprint density at radius 1 is 1.47 bits per heavy atom. The van der Waals surface area contributed by atoms with Crippen molar-refractivity contribution in [3.63, 3.8) is 0 Å². The molecule has 0 saturated carbocycles. The summed E-state index contributed by atoms with van der Waals surface area (Å²) >= 11 is 5.93. The number of carbonyl (C=O) groups is 1. The summed E-state index contributed by atoms with van der Waals surface area (Å²) in [6.07, 6.45) is 1.96. The summed E-state index contributed by atoms with van der Waals surface area (Å²) in [5.74, 6) is 1.14. The molecule has 0 saturated heterocycles. The van der Waals surface area contributed by atoms with Crippen molar-refractivity contribution in [2.75, 3.05) is 24.4 Å². The Labute approximate surface area is 119 Å². The molecule has 1 amide bonds. The summed E-state index contributed by atoms with van der Waals surface area (Å²) in [5, 5.41) is 0. The fraction of sp³-hybridized carbons (Fsp3) is 0.533. The first kappa shape index (κ1) is 14.2. The molecule has 0 radical (unpaired) electrons. The second kappa shape index (κ2) is 5.41. The Morgan fingerprint density at radius 2 is 2.21 bits per heavy atom. The number of ether oxygens (including phenoxy) is 1. The monoisotopic (exact) mass is 281 g/mol. The van der Waals surface area contributed by atoms with Gasteiger partial charge in [-0.25, -0.2) is 0 Å². The van der Waals surface area contributed by atoms with Gasteiger partial charge in [-0.2, -0.15) is 0 Å². The lowest BCUT2D eigenvalue weighted by molar-refractivity contribution is -0.125. The molecule has 104 valence electrons. The zero-order valence-corrected chi connectivity index (χ0v) is 12.5. The van der Waals surface area contributed by atoms with Gasteiger partial charge >= 0.3 is 0 Å². The van der Waals surface area contributed by atoms with Crippen LogP contribution in [0.1, 0.15) is 25.8 Å². The van der Waals surface area contributed by atoms with Gasteiger partial charge < -0.3 is 9.64 Å². The maximum atomic E-state index is 12.7. The van der Waals surface area contributed by atoms with Gasteiger partial charge in [-0.1, -0.05) is 12.1 Å². The highest BCUT2D eigenvalue weighted by Crippen LogP contribution is 2.38. The molecule has 1 aromatic carbocycles. The summed E-state index contributed by atoms with van der Waals surface area (Å²) in [7, 11) is 1.64. The number of rotatable bonds is 3. The number of para-hydroxylation sites is 1. The van der Waals surface area contributed by atoms with Crippen LogP contribution in [0, 0.1) is 5.41 Å². The average molecular weight is 282 g/mol. The van der Waals surface area contributed by atoms with Crippen molar-refractivity contribution in [1.29, 1.82) is 0 Å². The van der Waals surface area contributed by atoms with Crippen LogP contribution in [0.2, 0.25) is 0 Å². The van der Waals surface area contributed by atoms with Gasteiger partial charge in [-0.3, -0.25) is 4.79 Å². The second-order valence-corrected chi connectivity index (χ2v) is 5.81. The van der Waals surface area contributed by atoms with Crippen molar-refractivity contribution in [2.45, 2.75) is 26.7 Å². The molecular formula is C15H20ClNO2. The van der Waals surface area contributed by atoms with Crippen molar-refractivity contribution < 1.29 is 9.53 Å². The highest BCUT2D eigenvalue weighted by atomic mass is 35.5. The van der Waals surface area contributed by atoms with E-state index in [0.717, 1.165) is 30.8 Å². The molecule has 19 heavy (non-hydrogen) atoms. The Bertz CT molecular complexity index is 471. The molecule has 2 rings (SSSR count). The molecule has 0 bridgehead atoms. The number of carbonyl (C=O) groups excluding carboxylic acids is 1. The summed E-state index contributed by atoms with van der Waals surface area (Å²) in [6.45, 7) is 4.49. The normalized spacial score (nSPS) is 15.1. The number of amides is 1. The van der Waals surface area contributed by atoms with Gasteiger partial charge in [0, 0.05) is 12.4 Å². The number of halogens is 1. The molecule has 0 atom stereocenters. The molecule has 0 unspecified atom stereocenters. The number of methoxy groups -OCH3 is 1. The number of nitrogens with zero attached hydrogens (tertiary/aromatic N) is 1. The van der Waals surface area contributed by atoms with Crippen molar-refractivity contribution in [3.8, 4) is 5.75 Å². The third kappa shape index (κ3) is 2.57. The number of fused-ring (bicyclic) bond motifs is 1. The van der Waals surface area contributed by atoms with Crippen LogP contribution in [-0.4, -0.2) is 25.4 Å². The average Bonchev–Trinajstić information content (AvgIpc) is 2.45. The molecule has 0 aliphatic carbocycles. The lowest BCUT2D eigenvalue weighted by Crippen LogP contribution is -2.44. The third-order valence-electron chi connectivity index (χ3n) is 3.56. The number of hydrogen-bond donors (Lipinski definition) is 0. The van der Waals surface area contributed by atoms with E-state index in [0.29, 0.717) is 5.88 Å². The van der Waals surface area contributed by atoms with Crippen LogP contribution in [0.3, 0.4) is 0 Å². The first-order valence-corrected chi connectivity index (χ1v) is 7.08. The van der Waals surface area contributed by atoms with Crippen LogP contribution in [0.4, 0.5) is 5.69 Å².